The summed E-state index contributed by atoms with van der Waals surface area (Å²) in [5.74, 6) is 0.713. The first kappa shape index (κ1) is 17.1. The van der Waals surface area contributed by atoms with E-state index < -0.39 is 11.9 Å². The maximum atomic E-state index is 12.6. The van der Waals surface area contributed by atoms with Gasteiger partial charge in [0, 0.05) is 22.3 Å². The van der Waals surface area contributed by atoms with Crippen LogP contribution in [0.15, 0.2) is 5.38 Å². The molecule has 1 N–H and O–H groups in total. The Hall–Kier alpha value is -1.22. The molecule has 0 aliphatic carbocycles. The number of aromatic nitrogens is 3. The molecular formula is C13H17F3N4S2. The Morgan fingerprint density at radius 1 is 1.23 bits per heavy atom. The number of anilines is 1. The van der Waals surface area contributed by atoms with Crippen molar-refractivity contribution in [1.82, 2.24) is 14.3 Å². The number of hydrogen-bond acceptors (Lipinski definition) is 6. The summed E-state index contributed by atoms with van der Waals surface area (Å²) < 4.78 is 42.2. The molecule has 0 saturated heterocycles. The Labute approximate surface area is 135 Å². The van der Waals surface area contributed by atoms with Gasteiger partial charge in [-0.1, -0.05) is 27.7 Å². The molecule has 9 heteroatoms. The highest BCUT2D eigenvalue weighted by molar-refractivity contribution is 7.10. The van der Waals surface area contributed by atoms with Crippen molar-refractivity contribution < 1.29 is 13.2 Å². The van der Waals surface area contributed by atoms with E-state index in [1.807, 2.05) is 27.7 Å². The van der Waals surface area contributed by atoms with E-state index in [1.54, 1.807) is 0 Å². The Kier molecular flexibility index (Phi) is 4.76. The van der Waals surface area contributed by atoms with Crippen LogP contribution in [0.25, 0.3) is 0 Å². The minimum atomic E-state index is -4.41. The zero-order chi connectivity index (χ0) is 16.5. The van der Waals surface area contributed by atoms with E-state index in [1.165, 1.54) is 11.5 Å². The number of hydrogen-bond donors (Lipinski definition) is 1. The van der Waals surface area contributed by atoms with Crippen molar-refractivity contribution in [2.24, 2.45) is 0 Å². The van der Waals surface area contributed by atoms with Crippen molar-refractivity contribution >= 4 is 28.0 Å². The smallest absolute Gasteiger partial charge is 0.351 e. The number of alkyl halides is 3. The van der Waals surface area contributed by atoms with Gasteiger partial charge in [-0.15, -0.1) is 11.3 Å². The first-order chi connectivity index (χ1) is 10.1. The molecular weight excluding hydrogens is 333 g/mol. The number of nitrogens with zero attached hydrogens (tertiary/aromatic N) is 3. The molecule has 1 unspecified atom stereocenters. The van der Waals surface area contributed by atoms with E-state index in [4.69, 9.17) is 0 Å². The normalized spacial score (nSPS) is 14.1. The van der Waals surface area contributed by atoms with Gasteiger partial charge in [0.25, 0.3) is 0 Å². The van der Waals surface area contributed by atoms with Crippen molar-refractivity contribution in [3.8, 4) is 0 Å². The topological polar surface area (TPSA) is 50.7 Å². The number of nitrogens with one attached hydrogen (secondary N) is 1. The molecule has 0 radical (unpaired) electrons. The minimum absolute atomic E-state index is 0.164. The average molecular weight is 350 g/mol. The maximum absolute atomic E-state index is 12.6. The van der Waals surface area contributed by atoms with Gasteiger partial charge in [0.05, 0.1) is 6.04 Å². The summed E-state index contributed by atoms with van der Waals surface area (Å²) in [7, 11) is 0. The molecule has 0 amide bonds. The van der Waals surface area contributed by atoms with Crippen LogP contribution >= 0.6 is 22.9 Å². The van der Waals surface area contributed by atoms with Crippen LogP contribution in [0.1, 0.15) is 56.7 Å². The second-order valence-electron chi connectivity index (χ2n) is 5.85. The molecule has 2 aromatic heterocycles. The molecule has 4 nitrogen and oxygen atoms in total. The van der Waals surface area contributed by atoms with Crippen molar-refractivity contribution in [3.05, 3.63) is 21.9 Å². The Morgan fingerprint density at radius 2 is 1.91 bits per heavy atom. The standard InChI is InChI=1S/C13H17F3N4S2/c1-5-7(9-18-8(6-21-9)13(14,15)16)17-11-19-10(20-22-11)12(2,3)4/h6-7H,5H2,1-4H3,(H,17,19,20). The molecule has 1 atom stereocenters. The predicted molar refractivity (Wildman–Crippen MR) is 82.4 cm³/mol. The third-order valence-corrected chi connectivity index (χ3v) is 4.52. The second kappa shape index (κ2) is 6.11. The summed E-state index contributed by atoms with van der Waals surface area (Å²) in [6.45, 7) is 7.91. The average Bonchev–Trinajstić information content (AvgIpc) is 3.03. The predicted octanol–water partition coefficient (Wildman–Crippen LogP) is 4.87. The van der Waals surface area contributed by atoms with Crippen LogP contribution in [0.5, 0.6) is 0 Å². The lowest BCUT2D eigenvalue weighted by Gasteiger charge is -2.14. The molecule has 2 heterocycles. The molecule has 0 aliphatic heterocycles. The van der Waals surface area contributed by atoms with Crippen LogP contribution in [0, 0.1) is 0 Å². The molecule has 0 aliphatic rings. The third-order valence-electron chi connectivity index (χ3n) is 2.91. The molecule has 0 bridgehead atoms. The van der Waals surface area contributed by atoms with Crippen LogP contribution in [0.4, 0.5) is 18.3 Å². The largest absolute Gasteiger partial charge is 0.434 e. The van der Waals surface area contributed by atoms with E-state index in [9.17, 15) is 13.2 Å². The van der Waals surface area contributed by atoms with Crippen LogP contribution in [0.3, 0.4) is 0 Å². The molecule has 0 spiro atoms. The van der Waals surface area contributed by atoms with E-state index in [2.05, 4.69) is 19.7 Å². The first-order valence-corrected chi connectivity index (χ1v) is 8.40. The Balaban J connectivity index is 2.16. The lowest BCUT2D eigenvalue weighted by molar-refractivity contribution is -0.140. The Bertz CT molecular complexity index is 628. The fraction of sp³-hybridized carbons (Fsp3) is 0.615. The number of rotatable bonds is 4. The molecule has 122 valence electrons. The molecule has 2 aromatic rings. The summed E-state index contributed by atoms with van der Waals surface area (Å²) in [4.78, 5) is 8.09. The van der Waals surface area contributed by atoms with Crippen molar-refractivity contribution in [1.29, 1.82) is 0 Å². The highest BCUT2D eigenvalue weighted by Gasteiger charge is 2.34. The summed E-state index contributed by atoms with van der Waals surface area (Å²) in [5, 5.41) is 5.17. The maximum Gasteiger partial charge on any atom is 0.434 e. The highest BCUT2D eigenvalue weighted by Crippen LogP contribution is 2.34. The zero-order valence-corrected chi connectivity index (χ0v) is 14.3. The first-order valence-electron chi connectivity index (χ1n) is 6.74. The van der Waals surface area contributed by atoms with Gasteiger partial charge in [-0.3, -0.25) is 0 Å². The third kappa shape index (κ3) is 3.95. The van der Waals surface area contributed by atoms with Gasteiger partial charge in [-0.05, 0) is 6.42 Å². The second-order valence-corrected chi connectivity index (χ2v) is 7.49. The molecule has 0 saturated carbocycles. The number of halogens is 3. The fourth-order valence-corrected chi connectivity index (χ4v) is 3.42. The van der Waals surface area contributed by atoms with Crippen LogP contribution < -0.4 is 5.32 Å². The van der Waals surface area contributed by atoms with E-state index >= 15 is 0 Å². The van der Waals surface area contributed by atoms with Crippen LogP contribution in [-0.4, -0.2) is 14.3 Å². The monoisotopic (exact) mass is 350 g/mol. The van der Waals surface area contributed by atoms with E-state index in [0.29, 0.717) is 22.4 Å². The van der Waals surface area contributed by atoms with Gasteiger partial charge in [0.15, 0.2) is 5.69 Å². The van der Waals surface area contributed by atoms with E-state index in [-0.39, 0.29) is 11.5 Å². The SMILES string of the molecule is CCC(Nc1nc(C(C)(C)C)ns1)c1nc(C(F)(F)F)cs1. The van der Waals surface area contributed by atoms with Gasteiger partial charge >= 0.3 is 6.18 Å². The van der Waals surface area contributed by atoms with Crippen molar-refractivity contribution in [2.45, 2.75) is 51.7 Å². The summed E-state index contributed by atoms with van der Waals surface area (Å²) >= 11 is 2.21. The van der Waals surface area contributed by atoms with Crippen molar-refractivity contribution in [2.75, 3.05) is 5.32 Å². The van der Waals surface area contributed by atoms with Gasteiger partial charge in [0.1, 0.15) is 10.8 Å². The molecule has 0 fully saturated rings. The summed E-state index contributed by atoms with van der Waals surface area (Å²) in [6, 6.07) is -0.304. The highest BCUT2D eigenvalue weighted by atomic mass is 32.1. The van der Waals surface area contributed by atoms with Gasteiger partial charge in [-0.2, -0.15) is 17.5 Å². The zero-order valence-electron chi connectivity index (χ0n) is 12.7. The Morgan fingerprint density at radius 3 is 2.36 bits per heavy atom. The summed E-state index contributed by atoms with van der Waals surface area (Å²) in [5.41, 5.74) is -1.01. The van der Waals surface area contributed by atoms with Crippen molar-refractivity contribution in [3.63, 3.8) is 0 Å². The quantitative estimate of drug-likeness (QED) is 0.854. The van der Waals surface area contributed by atoms with Gasteiger partial charge < -0.3 is 5.32 Å². The summed E-state index contributed by atoms with van der Waals surface area (Å²) in [6.07, 6.45) is -3.80. The molecule has 0 aromatic carbocycles. The van der Waals surface area contributed by atoms with E-state index in [0.717, 1.165) is 16.7 Å². The molecule has 2 rings (SSSR count). The molecule has 22 heavy (non-hydrogen) atoms. The van der Waals surface area contributed by atoms with Gasteiger partial charge in [-0.25, -0.2) is 9.97 Å². The van der Waals surface area contributed by atoms with Crippen LogP contribution in [0.2, 0.25) is 0 Å². The lowest BCUT2D eigenvalue weighted by atomic mass is 9.96. The lowest BCUT2D eigenvalue weighted by Crippen LogP contribution is -2.14. The van der Waals surface area contributed by atoms with Gasteiger partial charge in [0.2, 0.25) is 5.13 Å². The minimum Gasteiger partial charge on any atom is -0.351 e. The van der Waals surface area contributed by atoms with Crippen LogP contribution in [-0.2, 0) is 11.6 Å². The number of thiazole rings is 1. The fourth-order valence-electron chi connectivity index (χ4n) is 1.65.